The summed E-state index contributed by atoms with van der Waals surface area (Å²) in [6.45, 7) is 0.122. The minimum atomic E-state index is -3.71. The molecule has 0 bridgehead atoms. The van der Waals surface area contributed by atoms with E-state index >= 15 is 0 Å². The Kier molecular flexibility index (Phi) is 5.49. The molecule has 1 aliphatic rings. The van der Waals surface area contributed by atoms with E-state index in [1.165, 1.54) is 19.2 Å². The third-order valence-electron chi connectivity index (χ3n) is 5.05. The first kappa shape index (κ1) is 20.1. The summed E-state index contributed by atoms with van der Waals surface area (Å²) in [5.41, 5.74) is 5.89. The zero-order valence-electron chi connectivity index (χ0n) is 14.9. The summed E-state index contributed by atoms with van der Waals surface area (Å²) < 4.78 is 37.3. The van der Waals surface area contributed by atoms with Crippen LogP contribution in [0.3, 0.4) is 0 Å². The van der Waals surface area contributed by atoms with Crippen molar-refractivity contribution in [2.24, 2.45) is 11.1 Å². The summed E-state index contributed by atoms with van der Waals surface area (Å²) in [6, 6.07) is 13.4. The van der Waals surface area contributed by atoms with E-state index in [2.05, 4.69) is 0 Å². The van der Waals surface area contributed by atoms with Crippen LogP contribution in [0.4, 0.5) is 0 Å². The first-order chi connectivity index (χ1) is 12.8. The Morgan fingerprint density at radius 1 is 1.15 bits per heavy atom. The summed E-state index contributed by atoms with van der Waals surface area (Å²) in [7, 11) is -0.625. The zero-order chi connectivity index (χ0) is 19.8. The third-order valence-corrected chi connectivity index (χ3v) is 7.97. The van der Waals surface area contributed by atoms with Gasteiger partial charge in [-0.05, 0) is 42.0 Å². The Labute approximate surface area is 169 Å². The van der Waals surface area contributed by atoms with Crippen molar-refractivity contribution >= 4 is 38.6 Å². The van der Waals surface area contributed by atoms with E-state index < -0.39 is 26.4 Å². The molecule has 144 valence electrons. The fourth-order valence-electron chi connectivity index (χ4n) is 3.69. The molecule has 2 N–H and O–H groups in total. The molecule has 1 saturated carbocycles. The van der Waals surface area contributed by atoms with Gasteiger partial charge >= 0.3 is 0 Å². The van der Waals surface area contributed by atoms with E-state index in [0.29, 0.717) is 10.8 Å². The van der Waals surface area contributed by atoms with Crippen LogP contribution in [-0.2, 0) is 14.6 Å². The second kappa shape index (κ2) is 7.39. The number of rotatable bonds is 7. The van der Waals surface area contributed by atoms with Crippen molar-refractivity contribution in [1.29, 1.82) is 0 Å². The van der Waals surface area contributed by atoms with Gasteiger partial charge in [-0.3, -0.25) is 0 Å². The molecule has 1 fully saturated rings. The van der Waals surface area contributed by atoms with Gasteiger partial charge < -0.3 is 15.2 Å². The number of hydrogen-bond donors (Lipinski definition) is 1. The van der Waals surface area contributed by atoms with Crippen molar-refractivity contribution in [3.05, 3.63) is 59.1 Å². The van der Waals surface area contributed by atoms with Crippen molar-refractivity contribution in [3.8, 4) is 5.75 Å². The number of thiocarbonyl (C=S) groups is 1. The average molecular weight is 426 g/mol. The van der Waals surface area contributed by atoms with Crippen LogP contribution < -0.4 is 10.5 Å². The van der Waals surface area contributed by atoms with Gasteiger partial charge in [0.25, 0.3) is 0 Å². The SMILES string of the molecule is COC[C@@]1(C(N)=S)[C@@H](c2ccc(OC)cc2)[C@@H]1S(=O)(=O)c1ccc(Cl)cc1. The number of benzene rings is 2. The molecule has 1 aliphatic carbocycles. The Balaban J connectivity index is 2.09. The Hall–Kier alpha value is -1.67. The summed E-state index contributed by atoms with van der Waals surface area (Å²) >= 11 is 11.2. The molecular weight excluding hydrogens is 406 g/mol. The first-order valence-corrected chi connectivity index (χ1v) is 10.5. The lowest BCUT2D eigenvalue weighted by Crippen LogP contribution is -2.33. The zero-order valence-corrected chi connectivity index (χ0v) is 17.3. The topological polar surface area (TPSA) is 78.6 Å². The Bertz CT molecular complexity index is 945. The molecule has 0 unspecified atom stereocenters. The van der Waals surface area contributed by atoms with Crippen molar-refractivity contribution in [2.75, 3.05) is 20.8 Å². The van der Waals surface area contributed by atoms with E-state index in [1.807, 2.05) is 12.1 Å². The van der Waals surface area contributed by atoms with E-state index in [-0.39, 0.29) is 16.5 Å². The van der Waals surface area contributed by atoms with Crippen molar-refractivity contribution in [3.63, 3.8) is 0 Å². The van der Waals surface area contributed by atoms with Gasteiger partial charge in [-0.15, -0.1) is 0 Å². The number of sulfone groups is 1. The second-order valence-corrected chi connectivity index (χ2v) is 9.45. The number of ether oxygens (including phenoxy) is 2. The second-order valence-electron chi connectivity index (χ2n) is 6.51. The highest BCUT2D eigenvalue weighted by atomic mass is 35.5. The molecule has 0 heterocycles. The summed E-state index contributed by atoms with van der Waals surface area (Å²) in [5.74, 6) is 0.283. The maximum atomic E-state index is 13.4. The maximum absolute atomic E-state index is 13.4. The van der Waals surface area contributed by atoms with Gasteiger partial charge in [-0.25, -0.2) is 8.42 Å². The summed E-state index contributed by atoms with van der Waals surface area (Å²) in [4.78, 5) is 0.317. The lowest BCUT2D eigenvalue weighted by Gasteiger charge is -2.16. The van der Waals surface area contributed by atoms with Crippen LogP contribution >= 0.6 is 23.8 Å². The summed E-state index contributed by atoms with van der Waals surface area (Å²) in [5, 5.41) is -0.342. The average Bonchev–Trinajstić information content (AvgIpc) is 3.33. The van der Waals surface area contributed by atoms with E-state index in [1.54, 1.807) is 31.4 Å². The van der Waals surface area contributed by atoms with Gasteiger partial charge in [0.15, 0.2) is 9.84 Å². The molecule has 8 heteroatoms. The molecular formula is C19H20ClNO4S2. The molecule has 27 heavy (non-hydrogen) atoms. The molecule has 0 radical (unpaired) electrons. The Morgan fingerprint density at radius 3 is 2.22 bits per heavy atom. The summed E-state index contributed by atoms with van der Waals surface area (Å²) in [6.07, 6.45) is 0. The minimum Gasteiger partial charge on any atom is -0.497 e. The van der Waals surface area contributed by atoms with Crippen molar-refractivity contribution in [2.45, 2.75) is 16.1 Å². The molecule has 0 aromatic heterocycles. The van der Waals surface area contributed by atoms with Gasteiger partial charge in [-0.2, -0.15) is 0 Å². The van der Waals surface area contributed by atoms with E-state index in [4.69, 9.17) is 39.0 Å². The smallest absolute Gasteiger partial charge is 0.182 e. The fraction of sp³-hybridized carbons (Fsp3) is 0.316. The molecule has 0 spiro atoms. The molecule has 0 aliphatic heterocycles. The van der Waals surface area contributed by atoms with Crippen LogP contribution in [0.15, 0.2) is 53.4 Å². The van der Waals surface area contributed by atoms with Gasteiger partial charge in [0.1, 0.15) is 5.75 Å². The fourth-order valence-corrected chi connectivity index (χ4v) is 6.59. The van der Waals surface area contributed by atoms with Gasteiger partial charge in [0.2, 0.25) is 0 Å². The first-order valence-electron chi connectivity index (χ1n) is 8.21. The van der Waals surface area contributed by atoms with Crippen LogP contribution in [0.2, 0.25) is 5.02 Å². The normalized spacial score (nSPS) is 24.4. The predicted molar refractivity (Wildman–Crippen MR) is 109 cm³/mol. The predicted octanol–water partition coefficient (Wildman–Crippen LogP) is 3.21. The van der Waals surface area contributed by atoms with Crippen molar-refractivity contribution < 1.29 is 17.9 Å². The number of halogens is 1. The van der Waals surface area contributed by atoms with Crippen LogP contribution in [0, 0.1) is 5.41 Å². The standard InChI is InChI=1S/C19H20ClNO4S2/c1-24-11-19(18(21)26)16(12-3-7-14(25-2)8-4-12)17(19)27(22,23)15-9-5-13(20)6-10-15/h3-10,16-17H,11H2,1-2H3,(H2,21,26)/t16-,17-,19+/m0/s1. The maximum Gasteiger partial charge on any atom is 0.182 e. The number of methoxy groups -OCH3 is 2. The Morgan fingerprint density at radius 2 is 1.74 bits per heavy atom. The van der Waals surface area contributed by atoms with Crippen molar-refractivity contribution in [1.82, 2.24) is 0 Å². The lowest BCUT2D eigenvalue weighted by molar-refractivity contribution is 0.166. The van der Waals surface area contributed by atoms with E-state index in [0.717, 1.165) is 5.56 Å². The van der Waals surface area contributed by atoms with Crippen LogP contribution in [0.25, 0.3) is 0 Å². The van der Waals surface area contributed by atoms with Gasteiger partial charge in [0, 0.05) is 18.1 Å². The molecule has 3 rings (SSSR count). The highest BCUT2D eigenvalue weighted by Crippen LogP contribution is 2.64. The van der Waals surface area contributed by atoms with Crippen LogP contribution in [0.1, 0.15) is 11.5 Å². The van der Waals surface area contributed by atoms with Gasteiger partial charge in [-0.1, -0.05) is 36.0 Å². The highest BCUT2D eigenvalue weighted by molar-refractivity contribution is 7.92. The minimum absolute atomic E-state index is 0.122. The van der Waals surface area contributed by atoms with Gasteiger partial charge in [0.05, 0.1) is 34.3 Å². The molecule has 0 saturated heterocycles. The largest absolute Gasteiger partial charge is 0.497 e. The molecule has 0 amide bonds. The van der Waals surface area contributed by atoms with Crippen LogP contribution in [0.5, 0.6) is 5.75 Å². The molecule has 3 atom stereocenters. The van der Waals surface area contributed by atoms with Crippen LogP contribution in [-0.4, -0.2) is 39.5 Å². The molecule has 2 aromatic rings. The molecule has 5 nitrogen and oxygen atoms in total. The highest BCUT2D eigenvalue weighted by Gasteiger charge is 2.73. The molecule has 2 aromatic carbocycles. The lowest BCUT2D eigenvalue weighted by atomic mass is 10.00. The van der Waals surface area contributed by atoms with E-state index in [9.17, 15) is 8.42 Å². The monoisotopic (exact) mass is 425 g/mol. The quantitative estimate of drug-likeness (QED) is 0.686. The third kappa shape index (κ3) is 3.33. The number of nitrogens with two attached hydrogens (primary N) is 1. The number of hydrogen-bond acceptors (Lipinski definition) is 5.